The van der Waals surface area contributed by atoms with Crippen LogP contribution in [-0.2, 0) is 4.79 Å². The van der Waals surface area contributed by atoms with E-state index >= 15 is 0 Å². The number of nitrogens with zero attached hydrogens (tertiary/aromatic N) is 1. The largest absolute Gasteiger partial charge is 0.350 e. The predicted octanol–water partition coefficient (Wildman–Crippen LogP) is 3.68. The van der Waals surface area contributed by atoms with E-state index in [-0.39, 0.29) is 24.6 Å². The monoisotopic (exact) mass is 392 g/mol. The maximum Gasteiger partial charge on any atom is 0.254 e. The molecule has 126 valence electrons. The van der Waals surface area contributed by atoms with Gasteiger partial charge in [-0.2, -0.15) is 0 Å². The third-order valence-corrected chi connectivity index (χ3v) is 4.15. The minimum absolute atomic E-state index is 0.0107. The van der Waals surface area contributed by atoms with Crippen LogP contribution >= 0.6 is 15.9 Å². The van der Waals surface area contributed by atoms with Gasteiger partial charge in [0.1, 0.15) is 5.82 Å². The SMILES string of the molecule is CC(=O)N(CCNC(=O)c1ccccc1F)c1ccc(C)cc1Br. The highest BCUT2D eigenvalue weighted by atomic mass is 79.9. The molecule has 0 aliphatic rings. The number of amides is 2. The van der Waals surface area contributed by atoms with Crippen LogP contribution in [0.15, 0.2) is 46.9 Å². The Kier molecular flexibility index (Phi) is 6.09. The molecule has 2 aromatic carbocycles. The van der Waals surface area contributed by atoms with Crippen molar-refractivity contribution in [1.29, 1.82) is 0 Å². The molecule has 2 rings (SSSR count). The van der Waals surface area contributed by atoms with Crippen LogP contribution in [-0.4, -0.2) is 24.9 Å². The molecule has 0 aliphatic heterocycles. The van der Waals surface area contributed by atoms with Gasteiger partial charge in [-0.05, 0) is 52.7 Å². The molecule has 0 unspecified atom stereocenters. The second kappa shape index (κ2) is 8.06. The van der Waals surface area contributed by atoms with Gasteiger partial charge in [0.15, 0.2) is 0 Å². The van der Waals surface area contributed by atoms with Gasteiger partial charge in [-0.1, -0.05) is 18.2 Å². The fourth-order valence-electron chi connectivity index (χ4n) is 2.30. The van der Waals surface area contributed by atoms with Crippen LogP contribution in [0.2, 0.25) is 0 Å². The van der Waals surface area contributed by atoms with Gasteiger partial charge in [0.05, 0.1) is 11.3 Å². The van der Waals surface area contributed by atoms with Gasteiger partial charge >= 0.3 is 0 Å². The van der Waals surface area contributed by atoms with Gasteiger partial charge in [0.25, 0.3) is 5.91 Å². The molecule has 24 heavy (non-hydrogen) atoms. The summed E-state index contributed by atoms with van der Waals surface area (Å²) in [6.45, 7) is 3.93. The van der Waals surface area contributed by atoms with E-state index in [1.807, 2.05) is 25.1 Å². The Morgan fingerprint density at radius 2 is 1.92 bits per heavy atom. The van der Waals surface area contributed by atoms with E-state index in [1.54, 1.807) is 11.0 Å². The Morgan fingerprint density at radius 3 is 2.54 bits per heavy atom. The van der Waals surface area contributed by atoms with Crippen molar-refractivity contribution in [3.05, 3.63) is 63.9 Å². The number of carbonyl (C=O) groups is 2. The third-order valence-electron chi connectivity index (χ3n) is 3.51. The molecule has 0 bridgehead atoms. The van der Waals surface area contributed by atoms with Crippen LogP contribution in [0, 0.1) is 12.7 Å². The zero-order valence-corrected chi connectivity index (χ0v) is 15.1. The van der Waals surface area contributed by atoms with E-state index in [0.717, 1.165) is 15.7 Å². The molecular formula is C18H18BrFN2O2. The lowest BCUT2D eigenvalue weighted by Gasteiger charge is -2.23. The first-order valence-electron chi connectivity index (χ1n) is 7.47. The lowest BCUT2D eigenvalue weighted by atomic mass is 10.2. The molecule has 0 heterocycles. The van der Waals surface area contributed by atoms with Gasteiger partial charge < -0.3 is 10.2 Å². The number of anilines is 1. The number of carbonyl (C=O) groups excluding carboxylic acids is 2. The number of aryl methyl sites for hydroxylation is 1. The maximum absolute atomic E-state index is 13.6. The molecule has 0 radical (unpaired) electrons. The lowest BCUT2D eigenvalue weighted by molar-refractivity contribution is -0.116. The summed E-state index contributed by atoms with van der Waals surface area (Å²) in [6, 6.07) is 11.5. The Morgan fingerprint density at radius 1 is 1.21 bits per heavy atom. The highest BCUT2D eigenvalue weighted by Gasteiger charge is 2.16. The quantitative estimate of drug-likeness (QED) is 0.843. The Balaban J connectivity index is 2.04. The smallest absolute Gasteiger partial charge is 0.254 e. The normalized spacial score (nSPS) is 10.3. The number of nitrogens with one attached hydrogen (secondary N) is 1. The van der Waals surface area contributed by atoms with Crippen LogP contribution in [0.3, 0.4) is 0 Å². The zero-order chi connectivity index (χ0) is 17.7. The van der Waals surface area contributed by atoms with Crippen LogP contribution in [0.4, 0.5) is 10.1 Å². The Labute approximate surface area is 148 Å². The van der Waals surface area contributed by atoms with Crippen molar-refractivity contribution in [2.45, 2.75) is 13.8 Å². The summed E-state index contributed by atoms with van der Waals surface area (Å²) in [5, 5.41) is 2.64. The lowest BCUT2D eigenvalue weighted by Crippen LogP contribution is -2.38. The van der Waals surface area contributed by atoms with Crippen molar-refractivity contribution >= 4 is 33.4 Å². The summed E-state index contributed by atoms with van der Waals surface area (Å²) in [6.07, 6.45) is 0. The number of halogens is 2. The average molecular weight is 393 g/mol. The first-order chi connectivity index (χ1) is 11.4. The van der Waals surface area contributed by atoms with E-state index in [0.29, 0.717) is 0 Å². The van der Waals surface area contributed by atoms with Crippen LogP contribution < -0.4 is 10.2 Å². The van der Waals surface area contributed by atoms with Crippen molar-refractivity contribution in [1.82, 2.24) is 5.32 Å². The van der Waals surface area contributed by atoms with Gasteiger partial charge in [-0.15, -0.1) is 0 Å². The van der Waals surface area contributed by atoms with Gasteiger partial charge in [0.2, 0.25) is 5.91 Å². The molecule has 1 N–H and O–H groups in total. The fraction of sp³-hybridized carbons (Fsp3) is 0.222. The molecule has 0 aliphatic carbocycles. The molecule has 6 heteroatoms. The molecular weight excluding hydrogens is 375 g/mol. The Bertz CT molecular complexity index is 764. The molecule has 0 spiro atoms. The van der Waals surface area contributed by atoms with E-state index in [2.05, 4.69) is 21.2 Å². The van der Waals surface area contributed by atoms with Crippen LogP contribution in [0.1, 0.15) is 22.8 Å². The number of rotatable bonds is 5. The topological polar surface area (TPSA) is 49.4 Å². The second-order valence-corrected chi connectivity index (χ2v) is 6.22. The number of benzene rings is 2. The van der Waals surface area contributed by atoms with E-state index in [4.69, 9.17) is 0 Å². The average Bonchev–Trinajstić information content (AvgIpc) is 2.52. The summed E-state index contributed by atoms with van der Waals surface area (Å²) in [7, 11) is 0. The molecule has 0 atom stereocenters. The number of hydrogen-bond acceptors (Lipinski definition) is 2. The van der Waals surface area contributed by atoms with Crippen molar-refractivity contribution in [2.24, 2.45) is 0 Å². The summed E-state index contributed by atoms with van der Waals surface area (Å²) in [5.74, 6) is -1.21. The zero-order valence-electron chi connectivity index (χ0n) is 13.5. The third kappa shape index (κ3) is 4.41. The summed E-state index contributed by atoms with van der Waals surface area (Å²) >= 11 is 3.45. The highest BCUT2D eigenvalue weighted by molar-refractivity contribution is 9.10. The molecule has 0 aromatic heterocycles. The summed E-state index contributed by atoms with van der Waals surface area (Å²) in [5.41, 5.74) is 1.79. The predicted molar refractivity (Wildman–Crippen MR) is 95.6 cm³/mol. The van der Waals surface area contributed by atoms with E-state index in [9.17, 15) is 14.0 Å². The van der Waals surface area contributed by atoms with Crippen molar-refractivity contribution in [3.63, 3.8) is 0 Å². The highest BCUT2D eigenvalue weighted by Crippen LogP contribution is 2.27. The first kappa shape index (κ1) is 18.1. The van der Waals surface area contributed by atoms with Crippen molar-refractivity contribution < 1.29 is 14.0 Å². The van der Waals surface area contributed by atoms with Crippen molar-refractivity contribution in [2.75, 3.05) is 18.0 Å². The Hall–Kier alpha value is -2.21. The van der Waals surface area contributed by atoms with E-state index in [1.165, 1.54) is 25.1 Å². The summed E-state index contributed by atoms with van der Waals surface area (Å²) in [4.78, 5) is 25.5. The van der Waals surface area contributed by atoms with Crippen molar-refractivity contribution in [3.8, 4) is 0 Å². The molecule has 0 saturated heterocycles. The molecule has 0 saturated carbocycles. The molecule has 2 amide bonds. The minimum atomic E-state index is -0.570. The first-order valence-corrected chi connectivity index (χ1v) is 8.26. The number of hydrogen-bond donors (Lipinski definition) is 1. The standard InChI is InChI=1S/C18H18BrFN2O2/c1-12-7-8-17(15(19)11-12)22(13(2)23)10-9-21-18(24)14-5-3-4-6-16(14)20/h3-8,11H,9-10H2,1-2H3,(H,21,24). The van der Waals surface area contributed by atoms with Gasteiger partial charge in [-0.25, -0.2) is 4.39 Å². The maximum atomic E-state index is 13.6. The molecule has 0 fully saturated rings. The van der Waals surface area contributed by atoms with Gasteiger partial charge in [-0.3, -0.25) is 9.59 Å². The molecule has 4 nitrogen and oxygen atoms in total. The summed E-state index contributed by atoms with van der Waals surface area (Å²) < 4.78 is 14.4. The van der Waals surface area contributed by atoms with E-state index < -0.39 is 11.7 Å². The van der Waals surface area contributed by atoms with Gasteiger partial charge in [0, 0.05) is 24.5 Å². The minimum Gasteiger partial charge on any atom is -0.350 e. The fourth-order valence-corrected chi connectivity index (χ4v) is 3.01. The van der Waals surface area contributed by atoms with Crippen LogP contribution in [0.5, 0.6) is 0 Å². The molecule has 2 aromatic rings. The van der Waals surface area contributed by atoms with Crippen LogP contribution in [0.25, 0.3) is 0 Å². The second-order valence-electron chi connectivity index (χ2n) is 5.36.